The number of hydrogen-bond donors (Lipinski definition) is 3. The third-order valence-corrected chi connectivity index (χ3v) is 4.47. The number of nitrogens with zero attached hydrogens (tertiary/aromatic N) is 1. The van der Waals surface area contributed by atoms with Crippen molar-refractivity contribution in [1.82, 2.24) is 5.32 Å². The Morgan fingerprint density at radius 3 is 2.41 bits per heavy atom. The first-order valence-electron chi connectivity index (χ1n) is 7.69. The molecule has 27 heavy (non-hydrogen) atoms. The van der Waals surface area contributed by atoms with Crippen LogP contribution in [0.15, 0.2) is 52.4 Å². The van der Waals surface area contributed by atoms with Crippen LogP contribution in [0.25, 0.3) is 0 Å². The number of ether oxygens (including phenoxy) is 2. The Kier molecular flexibility index (Phi) is 8.79. The van der Waals surface area contributed by atoms with E-state index in [2.05, 4.69) is 15.6 Å². The topological polar surface area (TPSA) is 115 Å². The molecule has 0 fully saturated rings. The van der Waals surface area contributed by atoms with Gasteiger partial charge < -0.3 is 20.1 Å². The molecule has 0 aliphatic heterocycles. The van der Waals surface area contributed by atoms with Crippen molar-refractivity contribution in [2.45, 2.75) is 11.4 Å². The molecular weight excluding hydrogens is 483 g/mol. The lowest BCUT2D eigenvalue weighted by Crippen LogP contribution is -2.30. The number of benzene rings is 2. The molecule has 0 spiro atoms. The van der Waals surface area contributed by atoms with E-state index in [1.807, 2.05) is 6.07 Å². The molecule has 0 unspecified atom stereocenters. The third kappa shape index (κ3) is 6.56. The highest BCUT2D eigenvalue weighted by Crippen LogP contribution is 2.29. The van der Waals surface area contributed by atoms with E-state index >= 15 is 0 Å². The van der Waals surface area contributed by atoms with Gasteiger partial charge in [0.05, 0.1) is 19.1 Å². The molecule has 8 nitrogen and oxygen atoms in total. The van der Waals surface area contributed by atoms with Crippen molar-refractivity contribution < 1.29 is 17.9 Å². The molecule has 2 aromatic carbocycles. The summed E-state index contributed by atoms with van der Waals surface area (Å²) in [4.78, 5) is 4.22. The first-order chi connectivity index (χ1) is 12.4. The molecule has 0 aliphatic rings. The molecule has 0 aromatic heterocycles. The highest BCUT2D eigenvalue weighted by atomic mass is 127. The van der Waals surface area contributed by atoms with Crippen molar-refractivity contribution in [3.63, 3.8) is 0 Å². The zero-order valence-electron chi connectivity index (χ0n) is 15.2. The Hall–Kier alpha value is -2.05. The summed E-state index contributed by atoms with van der Waals surface area (Å²) in [5.74, 6) is 1.73. The fourth-order valence-electron chi connectivity index (χ4n) is 2.25. The molecule has 0 atom stereocenters. The highest BCUT2D eigenvalue weighted by molar-refractivity contribution is 14.0. The Balaban J connectivity index is 0.00000364. The maximum Gasteiger partial charge on any atom is 0.238 e. The van der Waals surface area contributed by atoms with Gasteiger partial charge in [-0.1, -0.05) is 12.1 Å². The van der Waals surface area contributed by atoms with Crippen LogP contribution in [0.3, 0.4) is 0 Å². The fourth-order valence-corrected chi connectivity index (χ4v) is 2.83. The SMILES string of the molecule is CN=C(NCc1cccc(S(N)(=O)=O)c1)Nc1ccc(OC)c(OC)c1.I. The second-order valence-corrected chi connectivity index (χ2v) is 6.87. The predicted molar refractivity (Wildman–Crippen MR) is 117 cm³/mol. The number of nitrogens with one attached hydrogen (secondary N) is 2. The van der Waals surface area contributed by atoms with Crippen LogP contribution in [-0.4, -0.2) is 35.6 Å². The van der Waals surface area contributed by atoms with Gasteiger partial charge in [0.25, 0.3) is 0 Å². The number of nitrogens with two attached hydrogens (primary N) is 1. The van der Waals surface area contributed by atoms with Crippen molar-refractivity contribution in [2.75, 3.05) is 26.6 Å². The average molecular weight is 506 g/mol. The van der Waals surface area contributed by atoms with Crippen LogP contribution in [0.4, 0.5) is 5.69 Å². The van der Waals surface area contributed by atoms with Gasteiger partial charge in [0.15, 0.2) is 17.5 Å². The maximum absolute atomic E-state index is 11.4. The highest BCUT2D eigenvalue weighted by Gasteiger charge is 2.09. The van der Waals surface area contributed by atoms with Gasteiger partial charge in [-0.2, -0.15) is 0 Å². The van der Waals surface area contributed by atoms with Crippen molar-refractivity contribution in [1.29, 1.82) is 0 Å². The molecule has 0 radical (unpaired) electrons. The number of sulfonamides is 1. The fraction of sp³-hybridized carbons (Fsp3) is 0.235. The predicted octanol–water partition coefficient (Wildman–Crippen LogP) is 2.16. The summed E-state index contributed by atoms with van der Waals surface area (Å²) in [6.07, 6.45) is 0. The van der Waals surface area contributed by atoms with Gasteiger partial charge in [-0.25, -0.2) is 13.6 Å². The lowest BCUT2D eigenvalue weighted by molar-refractivity contribution is 0.355. The van der Waals surface area contributed by atoms with Crippen LogP contribution in [0, 0.1) is 0 Å². The van der Waals surface area contributed by atoms with E-state index in [9.17, 15) is 8.42 Å². The number of methoxy groups -OCH3 is 2. The summed E-state index contributed by atoms with van der Waals surface area (Å²) in [7, 11) is 1.04. The first kappa shape index (κ1) is 23.0. The van der Waals surface area contributed by atoms with Crippen LogP contribution in [-0.2, 0) is 16.6 Å². The van der Waals surface area contributed by atoms with Crippen LogP contribution in [0.5, 0.6) is 11.5 Å². The molecular formula is C17H23IN4O4S. The van der Waals surface area contributed by atoms with Gasteiger partial charge in [0.2, 0.25) is 10.0 Å². The van der Waals surface area contributed by atoms with E-state index < -0.39 is 10.0 Å². The third-order valence-electron chi connectivity index (χ3n) is 3.56. The molecule has 10 heteroatoms. The normalized spacial score (nSPS) is 11.3. The quantitative estimate of drug-likeness (QED) is 0.314. The van der Waals surface area contributed by atoms with Gasteiger partial charge in [0, 0.05) is 25.3 Å². The Labute approximate surface area is 176 Å². The van der Waals surface area contributed by atoms with Crippen molar-refractivity contribution in [3.8, 4) is 11.5 Å². The van der Waals surface area contributed by atoms with Crippen LogP contribution < -0.4 is 25.2 Å². The Bertz CT molecular complexity index is 904. The minimum atomic E-state index is -3.73. The van der Waals surface area contributed by atoms with Gasteiger partial charge in [0.1, 0.15) is 0 Å². The Morgan fingerprint density at radius 2 is 1.81 bits per heavy atom. The number of guanidine groups is 1. The standard InChI is InChI=1S/C17H22N4O4S.HI/c1-19-17(21-13-7-8-15(24-2)16(10-13)25-3)20-11-12-5-4-6-14(9-12)26(18,22)23;/h4-10H,11H2,1-3H3,(H2,18,22,23)(H2,19,20,21);1H. The summed E-state index contributed by atoms with van der Waals surface area (Å²) in [6.45, 7) is 0.371. The zero-order valence-corrected chi connectivity index (χ0v) is 18.4. The molecule has 2 rings (SSSR count). The molecule has 0 bridgehead atoms. The molecule has 2 aromatic rings. The molecule has 0 saturated carbocycles. The molecule has 0 aliphatic carbocycles. The van der Waals surface area contributed by atoms with Crippen LogP contribution >= 0.6 is 24.0 Å². The van der Waals surface area contributed by atoms with E-state index in [0.29, 0.717) is 24.0 Å². The van der Waals surface area contributed by atoms with Gasteiger partial charge >= 0.3 is 0 Å². The number of aliphatic imine (C=N–C) groups is 1. The monoisotopic (exact) mass is 506 g/mol. The summed E-state index contributed by atoms with van der Waals surface area (Å²) in [6, 6.07) is 11.8. The second kappa shape index (κ2) is 10.3. The minimum absolute atomic E-state index is 0. The van der Waals surface area contributed by atoms with Crippen molar-refractivity contribution in [2.24, 2.45) is 10.1 Å². The first-order valence-corrected chi connectivity index (χ1v) is 9.23. The molecule has 0 amide bonds. The van der Waals surface area contributed by atoms with Gasteiger partial charge in [-0.3, -0.25) is 4.99 Å². The van der Waals surface area contributed by atoms with Gasteiger partial charge in [-0.05, 0) is 29.8 Å². The Morgan fingerprint density at radius 1 is 1.11 bits per heavy atom. The largest absolute Gasteiger partial charge is 0.493 e. The summed E-state index contributed by atoms with van der Waals surface area (Å²) in [5, 5.41) is 11.4. The lowest BCUT2D eigenvalue weighted by atomic mass is 10.2. The number of halogens is 1. The van der Waals surface area contributed by atoms with Crippen LogP contribution in [0.2, 0.25) is 0 Å². The van der Waals surface area contributed by atoms with Gasteiger partial charge in [-0.15, -0.1) is 24.0 Å². The smallest absolute Gasteiger partial charge is 0.238 e. The minimum Gasteiger partial charge on any atom is -0.493 e. The number of rotatable bonds is 6. The lowest BCUT2D eigenvalue weighted by Gasteiger charge is -2.14. The maximum atomic E-state index is 11.4. The van der Waals surface area contributed by atoms with E-state index in [1.54, 1.807) is 45.5 Å². The summed E-state index contributed by atoms with van der Waals surface area (Å²) < 4.78 is 33.3. The number of hydrogen-bond acceptors (Lipinski definition) is 5. The number of primary sulfonamides is 1. The summed E-state index contributed by atoms with van der Waals surface area (Å²) in [5.41, 5.74) is 1.51. The van der Waals surface area contributed by atoms with Crippen molar-refractivity contribution in [3.05, 3.63) is 48.0 Å². The molecule has 0 saturated heterocycles. The van der Waals surface area contributed by atoms with E-state index in [1.165, 1.54) is 12.1 Å². The zero-order chi connectivity index (χ0) is 19.2. The van der Waals surface area contributed by atoms with E-state index in [4.69, 9.17) is 14.6 Å². The average Bonchev–Trinajstić information content (AvgIpc) is 2.64. The van der Waals surface area contributed by atoms with Crippen LogP contribution in [0.1, 0.15) is 5.56 Å². The molecule has 0 heterocycles. The molecule has 4 N–H and O–H groups in total. The number of anilines is 1. The second-order valence-electron chi connectivity index (χ2n) is 5.31. The summed E-state index contributed by atoms with van der Waals surface area (Å²) >= 11 is 0. The molecule has 148 valence electrons. The van der Waals surface area contributed by atoms with E-state index in [0.717, 1.165) is 11.3 Å². The van der Waals surface area contributed by atoms with E-state index in [-0.39, 0.29) is 28.9 Å². The van der Waals surface area contributed by atoms with Crippen molar-refractivity contribution >= 4 is 45.6 Å².